The molecule has 9 heteroatoms. The first-order chi connectivity index (χ1) is 8.97. The molecule has 0 fully saturated rings. The number of nitrogens with one attached hydrogen (secondary N) is 1. The summed E-state index contributed by atoms with van der Waals surface area (Å²) >= 11 is 1.01. The first-order valence-corrected chi connectivity index (χ1v) is 7.49. The lowest BCUT2D eigenvalue weighted by atomic mass is 10.4. The van der Waals surface area contributed by atoms with Gasteiger partial charge in [-0.1, -0.05) is 0 Å². The Kier molecular flexibility index (Phi) is 3.88. The zero-order chi connectivity index (χ0) is 13.9. The fourth-order valence-corrected chi connectivity index (χ4v) is 3.00. The molecule has 0 bridgehead atoms. The van der Waals surface area contributed by atoms with E-state index >= 15 is 0 Å². The molecule has 0 saturated carbocycles. The Bertz CT molecular complexity index is 682. The average molecular weight is 298 g/mol. The smallest absolute Gasteiger partial charge is 0.271 e. The minimum Gasteiger partial charge on any atom is -0.346 e. The van der Waals surface area contributed by atoms with Crippen LogP contribution in [-0.2, 0) is 16.6 Å². The zero-order valence-corrected chi connectivity index (χ0v) is 11.2. The van der Waals surface area contributed by atoms with Gasteiger partial charge in [0.15, 0.2) is 0 Å². The largest absolute Gasteiger partial charge is 0.346 e. The predicted molar refractivity (Wildman–Crippen MR) is 68.9 cm³/mol. The number of thiophene rings is 1. The SMILES string of the molecule is NS(=O)(=O)c1ccc(CNC(=O)c2cnccn2)s1. The van der Waals surface area contributed by atoms with Crippen molar-refractivity contribution >= 4 is 27.3 Å². The van der Waals surface area contributed by atoms with E-state index in [2.05, 4.69) is 15.3 Å². The lowest BCUT2D eigenvalue weighted by Crippen LogP contribution is -2.23. The molecule has 19 heavy (non-hydrogen) atoms. The maximum absolute atomic E-state index is 11.7. The molecular weight excluding hydrogens is 288 g/mol. The van der Waals surface area contributed by atoms with E-state index in [4.69, 9.17) is 5.14 Å². The number of amides is 1. The van der Waals surface area contributed by atoms with E-state index in [0.717, 1.165) is 11.3 Å². The van der Waals surface area contributed by atoms with Crippen molar-refractivity contribution in [1.82, 2.24) is 15.3 Å². The average Bonchev–Trinajstić information content (AvgIpc) is 2.86. The molecule has 0 aliphatic carbocycles. The number of nitrogens with zero attached hydrogens (tertiary/aromatic N) is 2. The van der Waals surface area contributed by atoms with E-state index in [0.29, 0.717) is 4.88 Å². The van der Waals surface area contributed by atoms with Crippen molar-refractivity contribution in [3.63, 3.8) is 0 Å². The van der Waals surface area contributed by atoms with Gasteiger partial charge in [0.25, 0.3) is 5.91 Å². The minimum absolute atomic E-state index is 0.0660. The highest BCUT2D eigenvalue weighted by atomic mass is 32.2. The van der Waals surface area contributed by atoms with Gasteiger partial charge in [0.1, 0.15) is 9.90 Å². The third-order valence-electron chi connectivity index (χ3n) is 2.14. The molecule has 2 aromatic rings. The summed E-state index contributed by atoms with van der Waals surface area (Å²) in [6, 6.07) is 3.01. The molecule has 0 atom stereocenters. The summed E-state index contributed by atoms with van der Waals surface area (Å²) in [4.78, 5) is 20.0. The minimum atomic E-state index is -3.69. The van der Waals surface area contributed by atoms with Crippen LogP contribution in [0.2, 0.25) is 0 Å². The number of primary sulfonamides is 1. The summed E-state index contributed by atoms with van der Waals surface area (Å²) in [6.45, 7) is 0.204. The van der Waals surface area contributed by atoms with Crippen LogP contribution in [0, 0.1) is 0 Å². The summed E-state index contributed by atoms with van der Waals surface area (Å²) in [6.07, 6.45) is 4.23. The molecule has 2 aromatic heterocycles. The number of rotatable bonds is 4. The molecule has 0 aliphatic heterocycles. The molecule has 3 N–H and O–H groups in total. The van der Waals surface area contributed by atoms with Crippen LogP contribution < -0.4 is 10.5 Å². The normalized spacial score (nSPS) is 11.2. The maximum atomic E-state index is 11.7. The second kappa shape index (κ2) is 5.43. The summed E-state index contributed by atoms with van der Waals surface area (Å²) in [5.74, 6) is -0.376. The molecule has 2 rings (SSSR count). The number of nitrogens with two attached hydrogens (primary N) is 1. The fourth-order valence-electron chi connectivity index (χ4n) is 1.28. The molecule has 100 valence electrons. The van der Waals surface area contributed by atoms with Gasteiger partial charge in [0.2, 0.25) is 10.0 Å². The maximum Gasteiger partial charge on any atom is 0.271 e. The number of hydrogen-bond donors (Lipinski definition) is 2. The number of aromatic nitrogens is 2. The molecule has 0 unspecified atom stereocenters. The van der Waals surface area contributed by atoms with Crippen LogP contribution in [0.15, 0.2) is 34.9 Å². The first-order valence-electron chi connectivity index (χ1n) is 5.12. The number of hydrogen-bond acceptors (Lipinski definition) is 6. The van der Waals surface area contributed by atoms with E-state index in [-0.39, 0.29) is 22.4 Å². The lowest BCUT2D eigenvalue weighted by Gasteiger charge is -2.01. The molecule has 0 radical (unpaired) electrons. The van der Waals surface area contributed by atoms with Gasteiger partial charge in [-0.15, -0.1) is 11.3 Å². The van der Waals surface area contributed by atoms with Gasteiger partial charge < -0.3 is 5.32 Å². The molecule has 7 nitrogen and oxygen atoms in total. The van der Waals surface area contributed by atoms with Crippen LogP contribution in [0.4, 0.5) is 0 Å². The second-order valence-corrected chi connectivity index (χ2v) is 6.50. The summed E-state index contributed by atoms with van der Waals surface area (Å²) in [5, 5.41) is 7.61. The van der Waals surface area contributed by atoms with Crippen LogP contribution in [0.5, 0.6) is 0 Å². The molecule has 0 spiro atoms. The van der Waals surface area contributed by atoms with Crippen molar-refractivity contribution in [2.75, 3.05) is 0 Å². The third-order valence-corrected chi connectivity index (χ3v) is 4.66. The highest BCUT2D eigenvalue weighted by Gasteiger charge is 2.12. The monoisotopic (exact) mass is 298 g/mol. The first kappa shape index (κ1) is 13.6. The summed E-state index contributed by atoms with van der Waals surface area (Å²) in [5.41, 5.74) is 0.200. The Balaban J connectivity index is 2.00. The van der Waals surface area contributed by atoms with Gasteiger partial charge in [0.05, 0.1) is 12.7 Å². The summed E-state index contributed by atoms with van der Waals surface area (Å²) < 4.78 is 22.2. The number of carbonyl (C=O) groups excluding carboxylic acids is 1. The van der Waals surface area contributed by atoms with E-state index < -0.39 is 10.0 Å². The summed E-state index contributed by atoms with van der Waals surface area (Å²) in [7, 11) is -3.69. The topological polar surface area (TPSA) is 115 Å². The van der Waals surface area contributed by atoms with Gasteiger partial charge >= 0.3 is 0 Å². The van der Waals surface area contributed by atoms with Crippen molar-refractivity contribution < 1.29 is 13.2 Å². The second-order valence-electron chi connectivity index (χ2n) is 3.54. The standard InChI is InChI=1S/C10H10N4O3S2/c11-19(16,17)9-2-1-7(18-9)5-14-10(15)8-6-12-3-4-13-8/h1-4,6H,5H2,(H,14,15)(H2,11,16,17). The van der Waals surface area contributed by atoms with Crippen LogP contribution in [0.1, 0.15) is 15.4 Å². The van der Waals surface area contributed by atoms with Crippen molar-refractivity contribution in [3.8, 4) is 0 Å². The van der Waals surface area contributed by atoms with Gasteiger partial charge in [-0.3, -0.25) is 9.78 Å². The van der Waals surface area contributed by atoms with E-state index in [9.17, 15) is 13.2 Å². The fraction of sp³-hybridized carbons (Fsp3) is 0.100. The van der Waals surface area contributed by atoms with Crippen LogP contribution in [0.25, 0.3) is 0 Å². The Labute approximate surface area is 113 Å². The molecule has 0 aromatic carbocycles. The van der Waals surface area contributed by atoms with Crippen LogP contribution in [-0.4, -0.2) is 24.3 Å². The zero-order valence-electron chi connectivity index (χ0n) is 9.61. The third kappa shape index (κ3) is 3.56. The highest BCUT2D eigenvalue weighted by molar-refractivity contribution is 7.91. The van der Waals surface area contributed by atoms with Crippen molar-refractivity contribution in [2.45, 2.75) is 10.8 Å². The van der Waals surface area contributed by atoms with Gasteiger partial charge in [-0.2, -0.15) is 0 Å². The predicted octanol–water partition coefficient (Wildman–Crippen LogP) is 0.115. The van der Waals surface area contributed by atoms with Gasteiger partial charge in [0, 0.05) is 17.3 Å². The van der Waals surface area contributed by atoms with Gasteiger partial charge in [-0.05, 0) is 12.1 Å². The van der Waals surface area contributed by atoms with Gasteiger partial charge in [-0.25, -0.2) is 18.5 Å². The Morgan fingerprint density at radius 1 is 1.37 bits per heavy atom. The Hall–Kier alpha value is -1.84. The van der Waals surface area contributed by atoms with Crippen molar-refractivity contribution in [1.29, 1.82) is 0 Å². The van der Waals surface area contributed by atoms with Crippen LogP contribution >= 0.6 is 11.3 Å². The Morgan fingerprint density at radius 3 is 2.74 bits per heavy atom. The van der Waals surface area contributed by atoms with E-state index in [1.165, 1.54) is 24.7 Å². The van der Waals surface area contributed by atoms with E-state index in [1.54, 1.807) is 6.07 Å². The van der Waals surface area contributed by atoms with Crippen molar-refractivity contribution in [3.05, 3.63) is 41.3 Å². The Morgan fingerprint density at radius 2 is 2.16 bits per heavy atom. The van der Waals surface area contributed by atoms with Crippen LogP contribution in [0.3, 0.4) is 0 Å². The molecule has 2 heterocycles. The molecule has 0 saturated heterocycles. The van der Waals surface area contributed by atoms with Crippen molar-refractivity contribution in [2.24, 2.45) is 5.14 Å². The quantitative estimate of drug-likeness (QED) is 0.831. The van der Waals surface area contributed by atoms with E-state index in [1.807, 2.05) is 0 Å². The molecule has 0 aliphatic rings. The molecule has 1 amide bonds. The number of sulfonamides is 1. The highest BCUT2D eigenvalue weighted by Crippen LogP contribution is 2.19. The number of carbonyl (C=O) groups is 1. The lowest BCUT2D eigenvalue weighted by molar-refractivity contribution is 0.0946. The molecular formula is C10H10N4O3S2.